The summed E-state index contributed by atoms with van der Waals surface area (Å²) in [5, 5.41) is 3.35. The molecule has 0 bridgehead atoms. The smallest absolute Gasteiger partial charge is 0.239 e. The molecule has 20 heavy (non-hydrogen) atoms. The summed E-state index contributed by atoms with van der Waals surface area (Å²) < 4.78 is 5.21. The number of methoxy groups -OCH3 is 1. The molecule has 1 amide bonds. The zero-order valence-electron chi connectivity index (χ0n) is 12.4. The van der Waals surface area contributed by atoms with E-state index < -0.39 is 0 Å². The van der Waals surface area contributed by atoms with Gasteiger partial charge in [0.05, 0.1) is 13.2 Å². The van der Waals surface area contributed by atoms with Crippen LogP contribution in [0.3, 0.4) is 0 Å². The Hall–Kier alpha value is -1.55. The lowest BCUT2D eigenvalue weighted by atomic mass is 10.1. The van der Waals surface area contributed by atoms with Gasteiger partial charge in [-0.25, -0.2) is 0 Å². The molecule has 1 aromatic carbocycles. The normalized spacial score (nSPS) is 19.2. The Morgan fingerprint density at radius 3 is 3.05 bits per heavy atom. The van der Waals surface area contributed by atoms with Crippen LogP contribution in [0.25, 0.3) is 0 Å². The highest BCUT2D eigenvalue weighted by Crippen LogP contribution is 2.15. The van der Waals surface area contributed by atoms with Crippen molar-refractivity contribution >= 4 is 5.91 Å². The Morgan fingerprint density at radius 1 is 1.40 bits per heavy atom. The lowest BCUT2D eigenvalue weighted by molar-refractivity contribution is -0.132. The van der Waals surface area contributed by atoms with Gasteiger partial charge in [-0.05, 0) is 37.1 Å². The summed E-state index contributed by atoms with van der Waals surface area (Å²) in [5.74, 6) is 1.02. The van der Waals surface area contributed by atoms with Gasteiger partial charge in [-0.2, -0.15) is 0 Å². The van der Waals surface area contributed by atoms with E-state index in [0.29, 0.717) is 6.54 Å². The van der Waals surface area contributed by atoms with Gasteiger partial charge in [-0.15, -0.1) is 0 Å². The fraction of sp³-hybridized carbons (Fsp3) is 0.562. The van der Waals surface area contributed by atoms with E-state index in [9.17, 15) is 4.79 Å². The van der Waals surface area contributed by atoms with Gasteiger partial charge in [0.1, 0.15) is 5.75 Å². The van der Waals surface area contributed by atoms with Crippen LogP contribution in [0.4, 0.5) is 0 Å². The van der Waals surface area contributed by atoms with Crippen molar-refractivity contribution in [3.05, 3.63) is 29.8 Å². The Bertz CT molecular complexity index is 440. The Labute approximate surface area is 121 Å². The average Bonchev–Trinajstić information content (AvgIpc) is 2.75. The SMILES string of the molecule is COc1cccc(CN(C)C(=O)C2CCCCCN2)c1. The molecule has 110 valence electrons. The average molecular weight is 276 g/mol. The van der Waals surface area contributed by atoms with Gasteiger partial charge in [-0.3, -0.25) is 4.79 Å². The van der Waals surface area contributed by atoms with Crippen molar-refractivity contribution < 1.29 is 9.53 Å². The van der Waals surface area contributed by atoms with Gasteiger partial charge < -0.3 is 15.0 Å². The molecule has 1 N–H and O–H groups in total. The van der Waals surface area contributed by atoms with E-state index in [-0.39, 0.29) is 11.9 Å². The second-order valence-electron chi connectivity index (χ2n) is 5.40. The highest BCUT2D eigenvalue weighted by Gasteiger charge is 2.22. The molecule has 1 unspecified atom stereocenters. The summed E-state index contributed by atoms with van der Waals surface area (Å²) >= 11 is 0. The largest absolute Gasteiger partial charge is 0.497 e. The van der Waals surface area contributed by atoms with Crippen LogP contribution in [0.5, 0.6) is 5.75 Å². The number of rotatable bonds is 4. The first-order valence-electron chi connectivity index (χ1n) is 7.32. The second-order valence-corrected chi connectivity index (χ2v) is 5.40. The van der Waals surface area contributed by atoms with Gasteiger partial charge in [0.25, 0.3) is 0 Å². The molecular weight excluding hydrogens is 252 g/mol. The first kappa shape index (κ1) is 14.9. The zero-order valence-corrected chi connectivity index (χ0v) is 12.4. The Balaban J connectivity index is 1.95. The standard InChI is InChI=1S/C16H24N2O2/c1-18(12-13-7-6-8-14(11-13)20-2)16(19)15-9-4-3-5-10-17-15/h6-8,11,15,17H,3-5,9-10,12H2,1-2H3. The van der Waals surface area contributed by atoms with Crippen LogP contribution in [-0.4, -0.2) is 37.6 Å². The van der Waals surface area contributed by atoms with Crippen molar-refractivity contribution in [1.29, 1.82) is 0 Å². The Kier molecular flexibility index (Phi) is 5.41. The first-order chi connectivity index (χ1) is 9.70. The van der Waals surface area contributed by atoms with Gasteiger partial charge >= 0.3 is 0 Å². The van der Waals surface area contributed by atoms with E-state index in [2.05, 4.69) is 5.32 Å². The van der Waals surface area contributed by atoms with E-state index in [1.807, 2.05) is 31.3 Å². The lowest BCUT2D eigenvalue weighted by Gasteiger charge is -2.23. The summed E-state index contributed by atoms with van der Waals surface area (Å²) in [6, 6.07) is 7.85. The maximum Gasteiger partial charge on any atom is 0.239 e. The number of amides is 1. The van der Waals surface area contributed by atoms with E-state index >= 15 is 0 Å². The summed E-state index contributed by atoms with van der Waals surface area (Å²) in [6.45, 7) is 1.57. The molecule has 1 fully saturated rings. The number of hydrogen-bond donors (Lipinski definition) is 1. The second kappa shape index (κ2) is 7.29. The number of ether oxygens (including phenoxy) is 1. The fourth-order valence-corrected chi connectivity index (χ4v) is 2.63. The lowest BCUT2D eigenvalue weighted by Crippen LogP contribution is -2.44. The third-order valence-corrected chi connectivity index (χ3v) is 3.79. The number of carbonyl (C=O) groups is 1. The van der Waals surface area contributed by atoms with Crippen LogP contribution in [0, 0.1) is 0 Å². The van der Waals surface area contributed by atoms with E-state index in [0.717, 1.165) is 30.7 Å². The number of likely N-dealkylation sites (N-methyl/N-ethyl adjacent to an activating group) is 1. The van der Waals surface area contributed by atoms with Crippen molar-refractivity contribution in [3.63, 3.8) is 0 Å². The molecule has 2 rings (SSSR count). The minimum Gasteiger partial charge on any atom is -0.497 e. The quantitative estimate of drug-likeness (QED) is 0.916. The number of benzene rings is 1. The predicted octanol–water partition coefficient (Wildman–Crippen LogP) is 2.19. The predicted molar refractivity (Wildman–Crippen MR) is 79.7 cm³/mol. The maximum atomic E-state index is 12.4. The van der Waals surface area contributed by atoms with Crippen LogP contribution in [-0.2, 0) is 11.3 Å². The summed E-state index contributed by atoms with van der Waals surface area (Å²) in [7, 11) is 3.53. The van der Waals surface area contributed by atoms with Crippen molar-refractivity contribution in [3.8, 4) is 5.75 Å². The van der Waals surface area contributed by atoms with Crippen molar-refractivity contribution in [2.75, 3.05) is 20.7 Å². The number of carbonyl (C=O) groups excluding carboxylic acids is 1. The zero-order chi connectivity index (χ0) is 14.4. The monoisotopic (exact) mass is 276 g/mol. The number of nitrogens with zero attached hydrogens (tertiary/aromatic N) is 1. The maximum absolute atomic E-state index is 12.4. The fourth-order valence-electron chi connectivity index (χ4n) is 2.63. The molecule has 0 radical (unpaired) electrons. The molecule has 1 atom stereocenters. The molecule has 0 spiro atoms. The number of nitrogens with one attached hydrogen (secondary N) is 1. The Morgan fingerprint density at radius 2 is 2.25 bits per heavy atom. The highest BCUT2D eigenvalue weighted by molar-refractivity contribution is 5.81. The molecular formula is C16H24N2O2. The molecule has 1 saturated heterocycles. The van der Waals surface area contributed by atoms with E-state index in [1.54, 1.807) is 12.0 Å². The summed E-state index contributed by atoms with van der Waals surface area (Å²) in [5.41, 5.74) is 1.09. The van der Waals surface area contributed by atoms with Crippen LogP contribution in [0.1, 0.15) is 31.2 Å². The van der Waals surface area contributed by atoms with Crippen LogP contribution in [0.15, 0.2) is 24.3 Å². The van der Waals surface area contributed by atoms with Gasteiger partial charge in [0, 0.05) is 13.6 Å². The van der Waals surface area contributed by atoms with Crippen LogP contribution in [0.2, 0.25) is 0 Å². The molecule has 1 aliphatic heterocycles. The summed E-state index contributed by atoms with van der Waals surface area (Å²) in [4.78, 5) is 14.2. The molecule has 0 saturated carbocycles. The van der Waals surface area contributed by atoms with Crippen LogP contribution >= 0.6 is 0 Å². The van der Waals surface area contributed by atoms with Crippen LogP contribution < -0.4 is 10.1 Å². The molecule has 4 heteroatoms. The van der Waals surface area contributed by atoms with Crippen molar-refractivity contribution in [2.45, 2.75) is 38.3 Å². The third-order valence-electron chi connectivity index (χ3n) is 3.79. The first-order valence-corrected chi connectivity index (χ1v) is 7.32. The molecule has 0 aromatic heterocycles. The topological polar surface area (TPSA) is 41.6 Å². The molecule has 0 aliphatic carbocycles. The number of hydrogen-bond acceptors (Lipinski definition) is 3. The minimum absolute atomic E-state index is 0.0203. The van der Waals surface area contributed by atoms with Crippen molar-refractivity contribution in [1.82, 2.24) is 10.2 Å². The molecule has 1 aromatic rings. The molecule has 1 heterocycles. The van der Waals surface area contributed by atoms with Crippen molar-refractivity contribution in [2.24, 2.45) is 0 Å². The molecule has 4 nitrogen and oxygen atoms in total. The summed E-state index contributed by atoms with van der Waals surface area (Å²) in [6.07, 6.45) is 4.47. The van der Waals surface area contributed by atoms with E-state index in [4.69, 9.17) is 4.74 Å². The molecule has 1 aliphatic rings. The highest BCUT2D eigenvalue weighted by atomic mass is 16.5. The third kappa shape index (κ3) is 3.97. The minimum atomic E-state index is -0.0203. The van der Waals surface area contributed by atoms with E-state index in [1.165, 1.54) is 12.8 Å². The van der Waals surface area contributed by atoms with Gasteiger partial charge in [0.15, 0.2) is 0 Å². The van der Waals surface area contributed by atoms with Gasteiger partial charge in [-0.1, -0.05) is 25.0 Å². The van der Waals surface area contributed by atoms with Gasteiger partial charge in [0.2, 0.25) is 5.91 Å².